The van der Waals surface area contributed by atoms with E-state index in [1.165, 1.54) is 23.1 Å². The maximum atomic E-state index is 14.2. The molecule has 0 aromatic heterocycles. The van der Waals surface area contributed by atoms with Gasteiger partial charge in [0.2, 0.25) is 11.8 Å². The smallest absolute Gasteiger partial charge is 0.264 e. The summed E-state index contributed by atoms with van der Waals surface area (Å²) in [6.45, 7) is 1.60. The number of benzene rings is 3. The van der Waals surface area contributed by atoms with Crippen molar-refractivity contribution in [3.8, 4) is 11.5 Å². The fourth-order valence-corrected chi connectivity index (χ4v) is 7.21. The Kier molecular flexibility index (Phi) is 9.68. The Morgan fingerprint density at radius 3 is 2.26 bits per heavy atom. The highest BCUT2D eigenvalue weighted by Gasteiger charge is 2.34. The van der Waals surface area contributed by atoms with Crippen molar-refractivity contribution in [2.24, 2.45) is 0 Å². The number of nitrogens with zero attached hydrogens (tertiary/aromatic N) is 2. The lowest BCUT2D eigenvalue weighted by atomic mass is 10.1. The predicted octanol–water partition coefficient (Wildman–Crippen LogP) is 5.44. The second-order valence-corrected chi connectivity index (χ2v) is 13.2. The first-order chi connectivity index (χ1) is 20.6. The average molecular weight is 647 g/mol. The molecule has 228 valence electrons. The first-order valence-electron chi connectivity index (χ1n) is 14.2. The highest BCUT2D eigenvalue weighted by atomic mass is 35.5. The van der Waals surface area contributed by atoms with E-state index in [0.717, 1.165) is 30.0 Å². The monoisotopic (exact) mass is 645 g/mol. The van der Waals surface area contributed by atoms with Gasteiger partial charge in [0.1, 0.15) is 25.8 Å². The van der Waals surface area contributed by atoms with Crippen LogP contribution in [0.3, 0.4) is 0 Å². The molecule has 0 bridgehead atoms. The van der Waals surface area contributed by atoms with Gasteiger partial charge in [0.15, 0.2) is 11.5 Å². The lowest BCUT2D eigenvalue weighted by Gasteiger charge is -2.33. The lowest BCUT2D eigenvalue weighted by Crippen LogP contribution is -2.52. The number of halogens is 2. The molecule has 0 spiro atoms. The first-order valence-corrected chi connectivity index (χ1v) is 16.3. The molecule has 1 atom stereocenters. The van der Waals surface area contributed by atoms with E-state index in [1.54, 1.807) is 55.5 Å². The molecule has 0 radical (unpaired) electrons. The molecule has 2 aliphatic rings. The van der Waals surface area contributed by atoms with Gasteiger partial charge in [-0.05, 0) is 56.2 Å². The number of amides is 2. The zero-order chi connectivity index (χ0) is 30.6. The molecule has 0 saturated heterocycles. The molecule has 1 saturated carbocycles. The van der Waals surface area contributed by atoms with Crippen LogP contribution in [0.25, 0.3) is 0 Å². The average Bonchev–Trinajstić information content (AvgIpc) is 3.52. The number of carbonyl (C=O) groups is 2. The van der Waals surface area contributed by atoms with E-state index in [4.69, 9.17) is 32.7 Å². The van der Waals surface area contributed by atoms with Crippen LogP contribution >= 0.6 is 23.2 Å². The van der Waals surface area contributed by atoms with Crippen LogP contribution in [-0.4, -0.2) is 57.0 Å². The third-order valence-corrected chi connectivity index (χ3v) is 10.2. The molecule has 5 rings (SSSR count). The molecule has 0 unspecified atom stereocenters. The molecule has 3 aromatic carbocycles. The highest BCUT2D eigenvalue weighted by Crippen LogP contribution is 2.36. The molecule has 2 amide bonds. The molecular weight excluding hydrogens is 613 g/mol. The maximum Gasteiger partial charge on any atom is 0.264 e. The van der Waals surface area contributed by atoms with Crippen LogP contribution in [0.1, 0.15) is 38.2 Å². The van der Waals surface area contributed by atoms with E-state index in [9.17, 15) is 18.0 Å². The van der Waals surface area contributed by atoms with Crippen molar-refractivity contribution in [2.45, 2.75) is 56.1 Å². The largest absolute Gasteiger partial charge is 0.486 e. The standard InChI is InChI=1S/C31H33Cl2N3O6S/c1-21(31(38)34-22-8-5-6-9-22)35(19-25-26(32)12-7-13-27(25)33)30(37)20-36(43(39,40)24-10-3-2-4-11-24)23-14-15-28-29(18-23)42-17-16-41-28/h2-4,7,10-15,18,21-22H,5-6,8-9,16-17,19-20H2,1H3,(H,34,38)/t21-/m0/s1. The van der Waals surface area contributed by atoms with Crippen LogP contribution in [0.15, 0.2) is 71.6 Å². The second kappa shape index (κ2) is 13.4. The Bertz CT molecular complexity index is 1560. The summed E-state index contributed by atoms with van der Waals surface area (Å²) < 4.78 is 40.4. The Hall–Kier alpha value is -3.47. The number of carbonyl (C=O) groups excluding carboxylic acids is 2. The number of hydrogen-bond donors (Lipinski definition) is 1. The zero-order valence-corrected chi connectivity index (χ0v) is 26.0. The summed E-state index contributed by atoms with van der Waals surface area (Å²) in [5.41, 5.74) is 0.664. The number of fused-ring (bicyclic) bond motifs is 1. The maximum absolute atomic E-state index is 14.2. The van der Waals surface area contributed by atoms with E-state index < -0.39 is 28.5 Å². The van der Waals surface area contributed by atoms with E-state index in [1.807, 2.05) is 0 Å². The predicted molar refractivity (Wildman–Crippen MR) is 165 cm³/mol. The minimum atomic E-state index is -4.23. The summed E-state index contributed by atoms with van der Waals surface area (Å²) in [5.74, 6) is -0.0984. The van der Waals surface area contributed by atoms with Crippen LogP contribution < -0.4 is 19.1 Å². The van der Waals surface area contributed by atoms with Gasteiger partial charge < -0.3 is 19.7 Å². The summed E-state index contributed by atoms with van der Waals surface area (Å²) in [6.07, 6.45) is 3.80. The number of sulfonamides is 1. The molecule has 1 aliphatic heterocycles. The highest BCUT2D eigenvalue weighted by molar-refractivity contribution is 7.92. The van der Waals surface area contributed by atoms with E-state index in [2.05, 4.69) is 5.32 Å². The zero-order valence-electron chi connectivity index (χ0n) is 23.7. The molecule has 1 N–H and O–H groups in total. The van der Waals surface area contributed by atoms with E-state index in [-0.39, 0.29) is 29.1 Å². The van der Waals surface area contributed by atoms with Crippen molar-refractivity contribution < 1.29 is 27.5 Å². The number of ether oxygens (including phenoxy) is 2. The minimum Gasteiger partial charge on any atom is -0.486 e. The fourth-order valence-electron chi connectivity index (χ4n) is 5.26. The van der Waals surface area contributed by atoms with Crippen LogP contribution in [0, 0.1) is 0 Å². The van der Waals surface area contributed by atoms with Gasteiger partial charge in [0, 0.05) is 34.3 Å². The summed E-state index contributed by atoms with van der Waals surface area (Å²) >= 11 is 12.9. The molecule has 9 nitrogen and oxygen atoms in total. The fraction of sp³-hybridized carbons (Fsp3) is 0.355. The van der Waals surface area contributed by atoms with E-state index in [0.29, 0.717) is 40.3 Å². The van der Waals surface area contributed by atoms with Crippen LogP contribution in [-0.2, 0) is 26.2 Å². The van der Waals surface area contributed by atoms with Gasteiger partial charge in [0.05, 0.1) is 10.6 Å². The summed E-state index contributed by atoms with van der Waals surface area (Å²) in [5, 5.41) is 3.70. The second-order valence-electron chi connectivity index (χ2n) is 10.5. The molecule has 12 heteroatoms. The molecule has 1 heterocycles. The van der Waals surface area contributed by atoms with Crippen molar-refractivity contribution in [1.82, 2.24) is 10.2 Å². The number of rotatable bonds is 10. The Morgan fingerprint density at radius 2 is 1.58 bits per heavy atom. The van der Waals surface area contributed by atoms with Crippen LogP contribution in [0.5, 0.6) is 11.5 Å². The summed E-state index contributed by atoms with van der Waals surface area (Å²) in [7, 11) is -4.23. The first kappa shape index (κ1) is 31.0. The molecule has 1 aliphatic carbocycles. The van der Waals surface area contributed by atoms with Gasteiger partial charge in [-0.15, -0.1) is 0 Å². The minimum absolute atomic E-state index is 0.00501. The molecule has 3 aromatic rings. The number of anilines is 1. The third kappa shape index (κ3) is 7.03. The quantitative estimate of drug-likeness (QED) is 0.315. The van der Waals surface area contributed by atoms with Gasteiger partial charge in [-0.3, -0.25) is 13.9 Å². The van der Waals surface area contributed by atoms with Gasteiger partial charge in [-0.2, -0.15) is 0 Å². The number of nitrogens with one attached hydrogen (secondary N) is 1. The Balaban J connectivity index is 1.51. The number of hydrogen-bond acceptors (Lipinski definition) is 6. The van der Waals surface area contributed by atoms with Gasteiger partial charge in [-0.1, -0.05) is 60.3 Å². The van der Waals surface area contributed by atoms with Gasteiger partial charge in [-0.25, -0.2) is 8.42 Å². The Labute approximate surface area is 261 Å². The summed E-state index contributed by atoms with van der Waals surface area (Å²) in [6, 6.07) is 16.6. The summed E-state index contributed by atoms with van der Waals surface area (Å²) in [4.78, 5) is 28.9. The van der Waals surface area contributed by atoms with Crippen molar-refractivity contribution >= 4 is 50.7 Å². The van der Waals surface area contributed by atoms with Gasteiger partial charge in [0.25, 0.3) is 10.0 Å². The van der Waals surface area contributed by atoms with Crippen molar-refractivity contribution in [2.75, 3.05) is 24.1 Å². The van der Waals surface area contributed by atoms with Gasteiger partial charge >= 0.3 is 0 Å². The topological polar surface area (TPSA) is 105 Å². The third-order valence-electron chi connectivity index (χ3n) is 7.68. The normalized spacial score (nSPS) is 15.5. The Morgan fingerprint density at radius 1 is 0.930 bits per heavy atom. The van der Waals surface area contributed by atoms with Crippen molar-refractivity contribution in [1.29, 1.82) is 0 Å². The molecular formula is C31H33Cl2N3O6S. The lowest BCUT2D eigenvalue weighted by molar-refractivity contribution is -0.139. The van der Waals surface area contributed by atoms with Crippen LogP contribution in [0.2, 0.25) is 10.0 Å². The van der Waals surface area contributed by atoms with Crippen LogP contribution in [0.4, 0.5) is 5.69 Å². The molecule has 1 fully saturated rings. The molecule has 43 heavy (non-hydrogen) atoms. The van der Waals surface area contributed by atoms with E-state index >= 15 is 0 Å². The van der Waals surface area contributed by atoms with Crippen molar-refractivity contribution in [3.63, 3.8) is 0 Å². The SMILES string of the molecule is C[C@@H](C(=O)NC1CCCC1)N(Cc1c(Cl)cccc1Cl)C(=O)CN(c1ccc2c(c1)OCCO2)S(=O)(=O)c1ccccc1. The van der Waals surface area contributed by atoms with Crippen molar-refractivity contribution in [3.05, 3.63) is 82.3 Å².